The molecule has 1 aliphatic heterocycles. The maximum Gasteiger partial charge on any atom is 0.245 e. The van der Waals surface area contributed by atoms with Gasteiger partial charge in [-0.15, -0.1) is 16.4 Å². The second kappa shape index (κ2) is 4.42. The van der Waals surface area contributed by atoms with Crippen LogP contribution in [0.1, 0.15) is 6.92 Å². The Balaban J connectivity index is 1.80. The zero-order valence-electron chi connectivity index (χ0n) is 9.55. The van der Waals surface area contributed by atoms with E-state index >= 15 is 0 Å². The van der Waals surface area contributed by atoms with Gasteiger partial charge in [-0.05, 0) is 6.92 Å². The third-order valence-corrected chi connectivity index (χ3v) is 3.39. The highest BCUT2D eigenvalue weighted by Crippen LogP contribution is 2.17. The third-order valence-electron chi connectivity index (χ3n) is 2.80. The van der Waals surface area contributed by atoms with Crippen LogP contribution in [0.3, 0.4) is 0 Å². The molecule has 0 amide bonds. The molecule has 1 atom stereocenters. The average molecular weight is 250 g/mol. The highest BCUT2D eigenvalue weighted by Gasteiger charge is 2.19. The number of H-pyrrole nitrogens is 1. The fourth-order valence-electron chi connectivity index (χ4n) is 1.95. The molecule has 17 heavy (non-hydrogen) atoms. The lowest BCUT2D eigenvalue weighted by Crippen LogP contribution is -2.49. The lowest BCUT2D eigenvalue weighted by molar-refractivity contribution is 0.480. The van der Waals surface area contributed by atoms with Crippen LogP contribution in [-0.4, -0.2) is 45.8 Å². The van der Waals surface area contributed by atoms with Crippen LogP contribution in [0.4, 0.5) is 5.95 Å². The number of aromatic amines is 1. The van der Waals surface area contributed by atoms with Gasteiger partial charge in [0.05, 0.1) is 5.51 Å². The first-order chi connectivity index (χ1) is 8.33. The van der Waals surface area contributed by atoms with E-state index in [1.165, 1.54) is 0 Å². The van der Waals surface area contributed by atoms with Gasteiger partial charge in [0, 0.05) is 31.1 Å². The fourth-order valence-corrected chi connectivity index (χ4v) is 2.49. The normalized spacial score (nSPS) is 20.8. The molecule has 7 heteroatoms. The van der Waals surface area contributed by atoms with Gasteiger partial charge in [-0.2, -0.15) is 4.98 Å². The van der Waals surface area contributed by atoms with Crippen LogP contribution < -0.4 is 10.2 Å². The minimum atomic E-state index is 0.477. The Hall–Kier alpha value is -1.47. The number of rotatable bonds is 2. The second-order valence-corrected chi connectivity index (χ2v) is 4.88. The predicted molar refractivity (Wildman–Crippen MR) is 67.2 cm³/mol. The number of aromatic nitrogens is 4. The van der Waals surface area contributed by atoms with Gasteiger partial charge in [0.15, 0.2) is 5.82 Å². The summed E-state index contributed by atoms with van der Waals surface area (Å²) in [5, 5.41) is 12.6. The summed E-state index contributed by atoms with van der Waals surface area (Å²) in [4.78, 5) is 10.9. The number of nitrogens with zero attached hydrogens (tertiary/aromatic N) is 4. The smallest absolute Gasteiger partial charge is 0.245 e. The summed E-state index contributed by atoms with van der Waals surface area (Å²) in [7, 11) is 0. The van der Waals surface area contributed by atoms with Crippen molar-refractivity contribution in [3.8, 4) is 11.5 Å². The molecule has 1 saturated heterocycles. The average Bonchev–Trinajstić information content (AvgIpc) is 3.00. The van der Waals surface area contributed by atoms with Gasteiger partial charge in [0.1, 0.15) is 5.69 Å². The van der Waals surface area contributed by atoms with Crippen molar-refractivity contribution in [3.63, 3.8) is 0 Å². The highest BCUT2D eigenvalue weighted by molar-refractivity contribution is 7.07. The van der Waals surface area contributed by atoms with Crippen LogP contribution in [0.15, 0.2) is 10.9 Å². The van der Waals surface area contributed by atoms with E-state index in [0.717, 1.165) is 37.1 Å². The lowest BCUT2D eigenvalue weighted by Gasteiger charge is -2.30. The zero-order valence-corrected chi connectivity index (χ0v) is 10.4. The van der Waals surface area contributed by atoms with E-state index in [1.54, 1.807) is 16.8 Å². The van der Waals surface area contributed by atoms with Crippen LogP contribution in [0.2, 0.25) is 0 Å². The number of hydrogen-bond donors (Lipinski definition) is 2. The van der Waals surface area contributed by atoms with Crippen molar-refractivity contribution in [1.29, 1.82) is 0 Å². The molecule has 90 valence electrons. The van der Waals surface area contributed by atoms with Crippen LogP contribution in [0, 0.1) is 0 Å². The molecule has 2 aromatic heterocycles. The lowest BCUT2D eigenvalue weighted by atomic mass is 10.2. The summed E-state index contributed by atoms with van der Waals surface area (Å²) >= 11 is 1.56. The summed E-state index contributed by atoms with van der Waals surface area (Å²) < 4.78 is 0. The SMILES string of the molecule is C[C@H]1CN(c2n[nH]c(-c3cscn3)n2)CCN1. The van der Waals surface area contributed by atoms with Crippen molar-refractivity contribution in [1.82, 2.24) is 25.5 Å². The first-order valence-electron chi connectivity index (χ1n) is 5.62. The quantitative estimate of drug-likeness (QED) is 0.822. The Morgan fingerprint density at radius 2 is 2.47 bits per heavy atom. The first-order valence-corrected chi connectivity index (χ1v) is 6.56. The molecule has 0 unspecified atom stereocenters. The molecular weight excluding hydrogens is 236 g/mol. The Morgan fingerprint density at radius 1 is 1.53 bits per heavy atom. The van der Waals surface area contributed by atoms with Gasteiger partial charge in [-0.25, -0.2) is 4.98 Å². The van der Waals surface area contributed by atoms with Crippen molar-refractivity contribution in [2.45, 2.75) is 13.0 Å². The zero-order chi connectivity index (χ0) is 11.7. The molecule has 1 fully saturated rings. The van der Waals surface area contributed by atoms with Gasteiger partial charge < -0.3 is 10.2 Å². The van der Waals surface area contributed by atoms with E-state index in [1.807, 2.05) is 5.38 Å². The van der Waals surface area contributed by atoms with Crippen LogP contribution in [0.5, 0.6) is 0 Å². The molecule has 3 heterocycles. The molecule has 2 N–H and O–H groups in total. The Bertz CT molecular complexity index is 479. The number of thiazole rings is 1. The van der Waals surface area contributed by atoms with Crippen LogP contribution >= 0.6 is 11.3 Å². The van der Waals surface area contributed by atoms with Crippen molar-refractivity contribution >= 4 is 17.3 Å². The summed E-state index contributed by atoms with van der Waals surface area (Å²) in [5.74, 6) is 1.51. The molecule has 2 aromatic rings. The summed E-state index contributed by atoms with van der Waals surface area (Å²) in [6.45, 7) is 5.02. The minimum Gasteiger partial charge on any atom is -0.337 e. The molecule has 0 saturated carbocycles. The van der Waals surface area contributed by atoms with E-state index in [9.17, 15) is 0 Å². The molecular formula is C10H14N6S. The number of anilines is 1. The van der Waals surface area contributed by atoms with Crippen LogP contribution in [-0.2, 0) is 0 Å². The topological polar surface area (TPSA) is 69.7 Å². The van der Waals surface area contributed by atoms with Gasteiger partial charge in [-0.1, -0.05) is 0 Å². The minimum absolute atomic E-state index is 0.477. The Morgan fingerprint density at radius 3 is 3.24 bits per heavy atom. The maximum atomic E-state index is 4.49. The number of nitrogens with one attached hydrogen (secondary N) is 2. The molecule has 1 aliphatic rings. The summed E-state index contributed by atoms with van der Waals surface area (Å²) in [6.07, 6.45) is 0. The third kappa shape index (κ3) is 2.16. The number of piperazine rings is 1. The number of hydrogen-bond acceptors (Lipinski definition) is 6. The van der Waals surface area contributed by atoms with E-state index in [0.29, 0.717) is 6.04 Å². The van der Waals surface area contributed by atoms with Crippen molar-refractivity contribution in [3.05, 3.63) is 10.9 Å². The molecule has 6 nitrogen and oxygen atoms in total. The second-order valence-electron chi connectivity index (χ2n) is 4.16. The monoisotopic (exact) mass is 250 g/mol. The van der Waals surface area contributed by atoms with E-state index in [4.69, 9.17) is 0 Å². The molecule has 0 aromatic carbocycles. The van der Waals surface area contributed by atoms with Gasteiger partial charge >= 0.3 is 0 Å². The van der Waals surface area contributed by atoms with Crippen molar-refractivity contribution in [2.75, 3.05) is 24.5 Å². The summed E-state index contributed by atoms with van der Waals surface area (Å²) in [6, 6.07) is 0.477. The Kier molecular flexibility index (Phi) is 2.77. The van der Waals surface area contributed by atoms with E-state index in [-0.39, 0.29) is 0 Å². The van der Waals surface area contributed by atoms with E-state index in [2.05, 4.69) is 37.3 Å². The molecule has 0 spiro atoms. The van der Waals surface area contributed by atoms with Gasteiger partial charge in [-0.3, -0.25) is 5.10 Å². The Labute approximate surface area is 103 Å². The molecule has 0 aliphatic carbocycles. The standard InChI is InChI=1S/C10H14N6S/c1-7-4-16(3-2-11-7)10-13-9(14-15-10)8-5-17-6-12-8/h5-7,11H,2-4H2,1H3,(H,13,14,15)/t7-/m0/s1. The van der Waals surface area contributed by atoms with Crippen molar-refractivity contribution < 1.29 is 0 Å². The highest BCUT2D eigenvalue weighted by atomic mass is 32.1. The fraction of sp³-hybridized carbons (Fsp3) is 0.500. The molecule has 0 radical (unpaired) electrons. The maximum absolute atomic E-state index is 4.49. The molecule has 3 rings (SSSR count). The predicted octanol–water partition coefficient (Wildman–Crippen LogP) is 0.726. The first kappa shape index (κ1) is 10.7. The molecule has 0 bridgehead atoms. The summed E-state index contributed by atoms with van der Waals surface area (Å²) in [5.41, 5.74) is 2.65. The van der Waals surface area contributed by atoms with Gasteiger partial charge in [0.25, 0.3) is 0 Å². The van der Waals surface area contributed by atoms with Crippen molar-refractivity contribution in [2.24, 2.45) is 0 Å². The van der Waals surface area contributed by atoms with Gasteiger partial charge in [0.2, 0.25) is 5.95 Å². The van der Waals surface area contributed by atoms with E-state index < -0.39 is 0 Å². The van der Waals surface area contributed by atoms with Crippen LogP contribution in [0.25, 0.3) is 11.5 Å². The largest absolute Gasteiger partial charge is 0.337 e.